The number of rotatable bonds is 4. The first-order chi connectivity index (χ1) is 13.5. The van der Waals surface area contributed by atoms with Gasteiger partial charge in [-0.2, -0.15) is 0 Å². The molecule has 4 rings (SSSR count). The molecule has 1 unspecified atom stereocenters. The number of ether oxygens (including phenoxy) is 1. The summed E-state index contributed by atoms with van der Waals surface area (Å²) in [5, 5.41) is 3.23. The SMILES string of the molecule is COc1ccc(Nc2nc(C)c3c(n2)CC(c2ccc(C)cc2)CC3=O)cc1. The van der Waals surface area contributed by atoms with Gasteiger partial charge in [0.05, 0.1) is 24.1 Å². The number of carbonyl (C=O) groups is 1. The Morgan fingerprint density at radius 2 is 1.68 bits per heavy atom. The molecule has 1 aliphatic carbocycles. The van der Waals surface area contributed by atoms with Crippen LogP contribution < -0.4 is 10.1 Å². The molecule has 1 N–H and O–H groups in total. The second-order valence-electron chi connectivity index (χ2n) is 7.25. The second kappa shape index (κ2) is 7.43. The summed E-state index contributed by atoms with van der Waals surface area (Å²) in [7, 11) is 1.64. The van der Waals surface area contributed by atoms with Gasteiger partial charge in [-0.1, -0.05) is 29.8 Å². The quantitative estimate of drug-likeness (QED) is 0.714. The molecule has 0 spiro atoms. The summed E-state index contributed by atoms with van der Waals surface area (Å²) in [4.78, 5) is 22.0. The van der Waals surface area contributed by atoms with E-state index >= 15 is 0 Å². The number of aromatic nitrogens is 2. The van der Waals surface area contributed by atoms with Crippen LogP contribution in [0, 0.1) is 13.8 Å². The monoisotopic (exact) mass is 373 g/mol. The van der Waals surface area contributed by atoms with Crippen molar-refractivity contribution >= 4 is 17.4 Å². The Kier molecular flexibility index (Phi) is 4.82. The van der Waals surface area contributed by atoms with Gasteiger partial charge in [0.1, 0.15) is 5.75 Å². The molecule has 142 valence electrons. The number of anilines is 2. The summed E-state index contributed by atoms with van der Waals surface area (Å²) in [6.45, 7) is 3.95. The first-order valence-electron chi connectivity index (χ1n) is 9.42. The third-order valence-electron chi connectivity index (χ3n) is 5.21. The summed E-state index contributed by atoms with van der Waals surface area (Å²) in [6, 6.07) is 16.0. The highest BCUT2D eigenvalue weighted by atomic mass is 16.5. The molecule has 1 aromatic heterocycles. The number of ketones is 1. The highest BCUT2D eigenvalue weighted by Gasteiger charge is 2.29. The summed E-state index contributed by atoms with van der Waals surface area (Å²) in [5.41, 5.74) is 5.51. The first kappa shape index (κ1) is 18.2. The number of hydrogen-bond acceptors (Lipinski definition) is 5. The van der Waals surface area contributed by atoms with Gasteiger partial charge in [0.25, 0.3) is 0 Å². The first-order valence-corrected chi connectivity index (χ1v) is 9.42. The van der Waals surface area contributed by atoms with Crippen LogP contribution in [0.1, 0.15) is 45.2 Å². The van der Waals surface area contributed by atoms with Crippen molar-refractivity contribution in [2.75, 3.05) is 12.4 Å². The van der Waals surface area contributed by atoms with E-state index in [0.29, 0.717) is 17.9 Å². The maximum Gasteiger partial charge on any atom is 0.227 e. The minimum atomic E-state index is 0.125. The molecule has 1 aliphatic rings. The van der Waals surface area contributed by atoms with Gasteiger partial charge in [-0.05, 0) is 56.0 Å². The Morgan fingerprint density at radius 3 is 2.36 bits per heavy atom. The lowest BCUT2D eigenvalue weighted by Crippen LogP contribution is -2.22. The molecule has 0 bridgehead atoms. The maximum absolute atomic E-state index is 12.8. The van der Waals surface area contributed by atoms with Crippen molar-refractivity contribution in [3.63, 3.8) is 0 Å². The van der Waals surface area contributed by atoms with Gasteiger partial charge in [0.15, 0.2) is 5.78 Å². The highest BCUT2D eigenvalue weighted by Crippen LogP contribution is 2.33. The third-order valence-corrected chi connectivity index (χ3v) is 5.21. The predicted octanol–water partition coefficient (Wildman–Crippen LogP) is 4.76. The van der Waals surface area contributed by atoms with E-state index < -0.39 is 0 Å². The molecule has 0 fully saturated rings. The molecule has 1 heterocycles. The van der Waals surface area contributed by atoms with Crippen LogP contribution in [0.25, 0.3) is 0 Å². The number of benzene rings is 2. The molecule has 0 saturated heterocycles. The fourth-order valence-corrected chi connectivity index (χ4v) is 3.71. The molecule has 28 heavy (non-hydrogen) atoms. The zero-order chi connectivity index (χ0) is 19.7. The molecule has 0 saturated carbocycles. The lowest BCUT2D eigenvalue weighted by molar-refractivity contribution is 0.0962. The topological polar surface area (TPSA) is 64.1 Å². The molecule has 3 aromatic rings. The van der Waals surface area contributed by atoms with Crippen LogP contribution in [0.5, 0.6) is 5.75 Å². The zero-order valence-corrected chi connectivity index (χ0v) is 16.3. The Labute approximate surface area is 164 Å². The Morgan fingerprint density at radius 1 is 0.964 bits per heavy atom. The number of Topliss-reactive ketones (excluding diaryl/α,β-unsaturated/α-hetero) is 1. The van der Waals surface area contributed by atoms with Crippen LogP contribution >= 0.6 is 0 Å². The Balaban J connectivity index is 1.63. The lowest BCUT2D eigenvalue weighted by Gasteiger charge is -2.24. The van der Waals surface area contributed by atoms with E-state index in [1.165, 1.54) is 11.1 Å². The highest BCUT2D eigenvalue weighted by molar-refractivity contribution is 5.99. The molecular weight excluding hydrogens is 350 g/mol. The van der Waals surface area contributed by atoms with E-state index in [1.54, 1.807) is 7.11 Å². The molecule has 5 heteroatoms. The van der Waals surface area contributed by atoms with Crippen LogP contribution in [-0.2, 0) is 6.42 Å². The number of fused-ring (bicyclic) bond motifs is 1. The number of aryl methyl sites for hydroxylation is 2. The van der Waals surface area contributed by atoms with Crippen LogP contribution in [0.15, 0.2) is 48.5 Å². The number of carbonyl (C=O) groups excluding carboxylic acids is 1. The molecule has 0 aliphatic heterocycles. The number of hydrogen-bond donors (Lipinski definition) is 1. The van der Waals surface area contributed by atoms with Crippen molar-refractivity contribution in [2.24, 2.45) is 0 Å². The minimum absolute atomic E-state index is 0.125. The smallest absolute Gasteiger partial charge is 0.227 e. The fourth-order valence-electron chi connectivity index (χ4n) is 3.71. The average molecular weight is 373 g/mol. The van der Waals surface area contributed by atoms with Gasteiger partial charge in [0, 0.05) is 12.1 Å². The van der Waals surface area contributed by atoms with Crippen LogP contribution in [0.4, 0.5) is 11.6 Å². The number of methoxy groups -OCH3 is 1. The van der Waals surface area contributed by atoms with Crippen LogP contribution in [0.3, 0.4) is 0 Å². The number of nitrogens with one attached hydrogen (secondary N) is 1. The molecule has 5 nitrogen and oxygen atoms in total. The van der Waals surface area contributed by atoms with Gasteiger partial charge < -0.3 is 10.1 Å². The molecule has 0 radical (unpaired) electrons. The second-order valence-corrected chi connectivity index (χ2v) is 7.25. The van der Waals surface area contributed by atoms with Crippen molar-refractivity contribution < 1.29 is 9.53 Å². The standard InChI is InChI=1S/C23H23N3O2/c1-14-4-6-16(7-5-14)17-12-20-22(21(27)13-17)15(2)24-23(26-20)25-18-8-10-19(28-3)11-9-18/h4-11,17H,12-13H2,1-3H3,(H,24,25,26). The summed E-state index contributed by atoms with van der Waals surface area (Å²) >= 11 is 0. The summed E-state index contributed by atoms with van der Waals surface area (Å²) < 4.78 is 5.19. The van der Waals surface area contributed by atoms with Crippen LogP contribution in [0.2, 0.25) is 0 Å². The van der Waals surface area contributed by atoms with Crippen LogP contribution in [-0.4, -0.2) is 22.9 Å². The Bertz CT molecular complexity index is 1010. The van der Waals surface area contributed by atoms with E-state index in [9.17, 15) is 4.79 Å². The van der Waals surface area contributed by atoms with Crippen molar-refractivity contribution in [2.45, 2.75) is 32.6 Å². The number of nitrogens with zero attached hydrogens (tertiary/aromatic N) is 2. The molecule has 1 atom stereocenters. The lowest BCUT2D eigenvalue weighted by atomic mass is 9.81. The van der Waals surface area contributed by atoms with Gasteiger partial charge in [-0.15, -0.1) is 0 Å². The normalized spacial score (nSPS) is 15.8. The van der Waals surface area contributed by atoms with Gasteiger partial charge in [-0.3, -0.25) is 4.79 Å². The molecular formula is C23H23N3O2. The maximum atomic E-state index is 12.8. The van der Waals surface area contributed by atoms with E-state index in [1.807, 2.05) is 31.2 Å². The Hall–Kier alpha value is -3.21. The molecule has 2 aromatic carbocycles. The van der Waals surface area contributed by atoms with Crippen molar-refractivity contribution in [1.82, 2.24) is 9.97 Å². The average Bonchev–Trinajstić information content (AvgIpc) is 2.68. The summed E-state index contributed by atoms with van der Waals surface area (Å²) in [6.07, 6.45) is 1.25. The fraction of sp³-hybridized carbons (Fsp3) is 0.261. The molecule has 0 amide bonds. The van der Waals surface area contributed by atoms with Gasteiger partial charge >= 0.3 is 0 Å². The minimum Gasteiger partial charge on any atom is -0.497 e. The van der Waals surface area contributed by atoms with Crippen molar-refractivity contribution in [3.8, 4) is 5.75 Å². The van der Waals surface area contributed by atoms with Gasteiger partial charge in [0.2, 0.25) is 5.95 Å². The van der Waals surface area contributed by atoms with E-state index in [-0.39, 0.29) is 11.7 Å². The van der Waals surface area contributed by atoms with Crippen molar-refractivity contribution in [3.05, 3.63) is 76.6 Å². The predicted molar refractivity (Wildman–Crippen MR) is 110 cm³/mol. The largest absolute Gasteiger partial charge is 0.497 e. The van der Waals surface area contributed by atoms with E-state index in [2.05, 4.69) is 46.5 Å². The van der Waals surface area contributed by atoms with E-state index in [4.69, 9.17) is 4.74 Å². The van der Waals surface area contributed by atoms with Crippen molar-refractivity contribution in [1.29, 1.82) is 0 Å². The zero-order valence-electron chi connectivity index (χ0n) is 16.3. The van der Waals surface area contributed by atoms with Gasteiger partial charge in [-0.25, -0.2) is 9.97 Å². The van der Waals surface area contributed by atoms with E-state index in [0.717, 1.165) is 29.2 Å². The summed E-state index contributed by atoms with van der Waals surface area (Å²) in [5.74, 6) is 1.59. The third kappa shape index (κ3) is 3.60.